The Bertz CT molecular complexity index is 765. The minimum Gasteiger partial charge on any atom is -0.495 e. The highest BCUT2D eigenvalue weighted by molar-refractivity contribution is 5.96. The van der Waals surface area contributed by atoms with Crippen molar-refractivity contribution in [3.63, 3.8) is 0 Å². The first kappa shape index (κ1) is 15.8. The summed E-state index contributed by atoms with van der Waals surface area (Å²) in [6.07, 6.45) is 2.56. The molecule has 1 aromatic carbocycles. The molecule has 132 valence electrons. The number of nitrogens with zero attached hydrogens (tertiary/aromatic N) is 4. The number of ether oxygens (including phenoxy) is 2. The zero-order valence-corrected chi connectivity index (χ0v) is 14.4. The third-order valence-electron chi connectivity index (χ3n) is 4.77. The van der Waals surface area contributed by atoms with E-state index in [4.69, 9.17) is 9.47 Å². The highest BCUT2D eigenvalue weighted by Crippen LogP contribution is 2.29. The van der Waals surface area contributed by atoms with E-state index in [1.165, 1.54) is 0 Å². The Morgan fingerprint density at radius 2 is 1.96 bits per heavy atom. The number of carbonyl (C=O) groups excluding carboxylic acids is 1. The molecule has 1 saturated heterocycles. The van der Waals surface area contributed by atoms with E-state index in [-0.39, 0.29) is 5.91 Å². The van der Waals surface area contributed by atoms with Gasteiger partial charge in [0, 0.05) is 39.1 Å². The van der Waals surface area contributed by atoms with Gasteiger partial charge in [-0.05, 0) is 12.1 Å². The van der Waals surface area contributed by atoms with Gasteiger partial charge in [0.2, 0.25) is 5.88 Å². The van der Waals surface area contributed by atoms with E-state index in [0.29, 0.717) is 31.1 Å². The average molecular weight is 342 g/mol. The second-order valence-corrected chi connectivity index (χ2v) is 6.24. The van der Waals surface area contributed by atoms with Crippen LogP contribution in [-0.2, 0) is 6.54 Å². The van der Waals surface area contributed by atoms with Gasteiger partial charge in [0.1, 0.15) is 11.3 Å². The fraction of sp³-hybridized carbons (Fsp3) is 0.444. The maximum absolute atomic E-state index is 12.8. The van der Waals surface area contributed by atoms with Gasteiger partial charge < -0.3 is 19.3 Å². The number of benzene rings is 1. The van der Waals surface area contributed by atoms with Crippen molar-refractivity contribution in [2.24, 2.45) is 0 Å². The third kappa shape index (κ3) is 2.90. The van der Waals surface area contributed by atoms with E-state index in [9.17, 15) is 4.79 Å². The van der Waals surface area contributed by atoms with Crippen molar-refractivity contribution in [2.45, 2.75) is 13.0 Å². The summed E-state index contributed by atoms with van der Waals surface area (Å²) >= 11 is 0. The standard InChI is InChI=1S/C18H22N4O3/c1-24-16-6-3-2-5-15(16)20-8-10-21(11-9-20)17(23)14-13-19-22-7-4-12-25-18(14)22/h2-3,5-6,13H,4,7-12H2,1H3. The fourth-order valence-electron chi connectivity index (χ4n) is 3.43. The molecule has 2 aliphatic rings. The van der Waals surface area contributed by atoms with Crippen LogP contribution in [0.15, 0.2) is 30.5 Å². The summed E-state index contributed by atoms with van der Waals surface area (Å²) in [5.74, 6) is 1.48. The average Bonchev–Trinajstić information content (AvgIpc) is 3.11. The molecular formula is C18H22N4O3. The van der Waals surface area contributed by atoms with Crippen LogP contribution in [0.25, 0.3) is 0 Å². The lowest BCUT2D eigenvalue weighted by Crippen LogP contribution is -2.49. The van der Waals surface area contributed by atoms with Crippen LogP contribution >= 0.6 is 0 Å². The lowest BCUT2D eigenvalue weighted by molar-refractivity contribution is 0.0740. The summed E-state index contributed by atoms with van der Waals surface area (Å²) in [6, 6.07) is 7.98. The molecule has 2 aliphatic heterocycles. The summed E-state index contributed by atoms with van der Waals surface area (Å²) in [4.78, 5) is 17.0. The van der Waals surface area contributed by atoms with Crippen LogP contribution in [0.1, 0.15) is 16.8 Å². The lowest BCUT2D eigenvalue weighted by Gasteiger charge is -2.36. The first-order valence-electron chi connectivity index (χ1n) is 8.64. The summed E-state index contributed by atoms with van der Waals surface area (Å²) < 4.78 is 12.9. The second-order valence-electron chi connectivity index (χ2n) is 6.24. The van der Waals surface area contributed by atoms with Gasteiger partial charge in [-0.3, -0.25) is 4.79 Å². The Labute approximate surface area is 146 Å². The molecule has 0 aliphatic carbocycles. The number of fused-ring (bicyclic) bond motifs is 1. The Balaban J connectivity index is 1.45. The third-order valence-corrected chi connectivity index (χ3v) is 4.77. The van der Waals surface area contributed by atoms with E-state index in [2.05, 4.69) is 16.1 Å². The van der Waals surface area contributed by atoms with Gasteiger partial charge in [-0.25, -0.2) is 4.68 Å². The second kappa shape index (κ2) is 6.66. The van der Waals surface area contributed by atoms with Crippen molar-refractivity contribution in [2.75, 3.05) is 44.8 Å². The van der Waals surface area contributed by atoms with E-state index in [1.54, 1.807) is 18.0 Å². The molecule has 25 heavy (non-hydrogen) atoms. The van der Waals surface area contributed by atoms with E-state index >= 15 is 0 Å². The van der Waals surface area contributed by atoms with Crippen LogP contribution < -0.4 is 14.4 Å². The van der Waals surface area contributed by atoms with E-state index < -0.39 is 0 Å². The molecule has 1 fully saturated rings. The number of rotatable bonds is 3. The van der Waals surface area contributed by atoms with Crippen LogP contribution in [0.4, 0.5) is 5.69 Å². The smallest absolute Gasteiger partial charge is 0.261 e. The topological polar surface area (TPSA) is 59.8 Å². The molecular weight excluding hydrogens is 320 g/mol. The van der Waals surface area contributed by atoms with Gasteiger partial charge in [0.15, 0.2) is 0 Å². The highest BCUT2D eigenvalue weighted by Gasteiger charge is 2.28. The van der Waals surface area contributed by atoms with Crippen molar-refractivity contribution >= 4 is 11.6 Å². The number of amides is 1. The summed E-state index contributed by atoms with van der Waals surface area (Å²) in [5, 5.41) is 4.28. The number of hydrogen-bond donors (Lipinski definition) is 0. The van der Waals surface area contributed by atoms with Crippen molar-refractivity contribution in [3.05, 3.63) is 36.0 Å². The molecule has 7 heteroatoms. The number of methoxy groups -OCH3 is 1. The number of piperazine rings is 1. The Hall–Kier alpha value is -2.70. The van der Waals surface area contributed by atoms with Crippen LogP contribution in [-0.4, -0.2) is 60.5 Å². The predicted molar refractivity (Wildman–Crippen MR) is 93.4 cm³/mol. The highest BCUT2D eigenvalue weighted by atomic mass is 16.5. The molecule has 0 spiro atoms. The zero-order valence-electron chi connectivity index (χ0n) is 14.4. The SMILES string of the molecule is COc1ccccc1N1CCN(C(=O)c2cnn3c2OCCC3)CC1. The molecule has 7 nitrogen and oxygen atoms in total. The predicted octanol–water partition coefficient (Wildman–Crippen LogP) is 1.64. The van der Waals surface area contributed by atoms with Crippen LogP contribution in [0.5, 0.6) is 11.6 Å². The minimum absolute atomic E-state index is 0.00262. The molecule has 0 atom stereocenters. The van der Waals surface area contributed by atoms with Crippen LogP contribution in [0.3, 0.4) is 0 Å². The number of hydrogen-bond acceptors (Lipinski definition) is 5. The molecule has 1 amide bonds. The Morgan fingerprint density at radius 3 is 2.76 bits per heavy atom. The van der Waals surface area contributed by atoms with Gasteiger partial charge in [0.25, 0.3) is 5.91 Å². The Kier molecular flexibility index (Phi) is 4.21. The number of anilines is 1. The van der Waals surface area contributed by atoms with Gasteiger partial charge in [-0.1, -0.05) is 12.1 Å². The van der Waals surface area contributed by atoms with Gasteiger partial charge in [-0.15, -0.1) is 0 Å². The molecule has 0 saturated carbocycles. The van der Waals surface area contributed by atoms with Crippen LogP contribution in [0.2, 0.25) is 0 Å². The molecule has 4 rings (SSSR count). The molecule has 0 N–H and O–H groups in total. The zero-order chi connectivity index (χ0) is 17.2. The number of aryl methyl sites for hydroxylation is 1. The maximum atomic E-state index is 12.8. The first-order valence-corrected chi connectivity index (χ1v) is 8.64. The summed E-state index contributed by atoms with van der Waals surface area (Å²) in [6.45, 7) is 4.34. The summed E-state index contributed by atoms with van der Waals surface area (Å²) in [5.41, 5.74) is 1.65. The molecule has 0 unspecified atom stereocenters. The van der Waals surface area contributed by atoms with Crippen molar-refractivity contribution in [1.82, 2.24) is 14.7 Å². The normalized spacial score (nSPS) is 17.0. The van der Waals surface area contributed by atoms with Crippen molar-refractivity contribution in [1.29, 1.82) is 0 Å². The quantitative estimate of drug-likeness (QED) is 0.849. The fourth-order valence-corrected chi connectivity index (χ4v) is 3.43. The van der Waals surface area contributed by atoms with Gasteiger partial charge in [-0.2, -0.15) is 5.10 Å². The van der Waals surface area contributed by atoms with Crippen LogP contribution in [0, 0.1) is 0 Å². The van der Waals surface area contributed by atoms with E-state index in [0.717, 1.165) is 37.5 Å². The molecule has 1 aromatic heterocycles. The Morgan fingerprint density at radius 1 is 1.16 bits per heavy atom. The van der Waals surface area contributed by atoms with Crippen molar-refractivity contribution < 1.29 is 14.3 Å². The van der Waals surface area contributed by atoms with Crippen molar-refractivity contribution in [3.8, 4) is 11.6 Å². The lowest BCUT2D eigenvalue weighted by atomic mass is 10.2. The molecule has 0 radical (unpaired) electrons. The van der Waals surface area contributed by atoms with E-state index in [1.807, 2.05) is 23.1 Å². The molecule has 0 bridgehead atoms. The van der Waals surface area contributed by atoms with Gasteiger partial charge in [0.05, 0.1) is 25.6 Å². The first-order chi connectivity index (χ1) is 12.3. The molecule has 2 aromatic rings. The largest absolute Gasteiger partial charge is 0.495 e. The number of carbonyl (C=O) groups is 1. The number of aromatic nitrogens is 2. The van der Waals surface area contributed by atoms with Gasteiger partial charge >= 0.3 is 0 Å². The summed E-state index contributed by atoms with van der Waals surface area (Å²) in [7, 11) is 1.68. The molecule has 3 heterocycles. The number of para-hydroxylation sites is 2. The minimum atomic E-state index is 0.00262. The maximum Gasteiger partial charge on any atom is 0.261 e. The monoisotopic (exact) mass is 342 g/mol.